The van der Waals surface area contributed by atoms with Crippen LogP contribution in [0.1, 0.15) is 34.6 Å². The molecule has 0 radical (unpaired) electrons. The van der Waals surface area contributed by atoms with E-state index in [1.165, 1.54) is 6.21 Å². The van der Waals surface area contributed by atoms with Gasteiger partial charge in [0.05, 0.1) is 6.21 Å². The topological polar surface area (TPSA) is 177 Å². The minimum atomic E-state index is -2.46. The molecule has 42 heavy (non-hydrogen) atoms. The first kappa shape index (κ1) is 30.2. The van der Waals surface area contributed by atoms with Crippen molar-refractivity contribution in [2.75, 3.05) is 13.2 Å². The van der Waals surface area contributed by atoms with Crippen LogP contribution in [0.15, 0.2) is 77.9 Å². The Bertz CT molecular complexity index is 1500. The molecule has 3 aromatic carbocycles. The van der Waals surface area contributed by atoms with Gasteiger partial charge in [0.2, 0.25) is 5.54 Å². The number of urea groups is 1. The quantitative estimate of drug-likeness (QED) is 0.0693. The van der Waals surface area contributed by atoms with E-state index in [0.29, 0.717) is 0 Å². The number of hydrazone groups is 1. The molecule has 2 aliphatic rings. The molecule has 1 heterocycles. The van der Waals surface area contributed by atoms with Crippen LogP contribution in [-0.2, 0) is 25.5 Å². The maximum Gasteiger partial charge on any atom is 0.337 e. The summed E-state index contributed by atoms with van der Waals surface area (Å²) < 4.78 is 5.50. The molecule has 0 aromatic heterocycles. The lowest BCUT2D eigenvalue weighted by molar-refractivity contribution is -0.162. The number of carbonyl (C=O) groups excluding carboxylic acids is 3. The van der Waals surface area contributed by atoms with Crippen LogP contribution >= 0.6 is 12.4 Å². The Morgan fingerprint density at radius 1 is 1.00 bits per heavy atom. The summed E-state index contributed by atoms with van der Waals surface area (Å²) in [5.41, 5.74) is 9.14. The number of hydrogen-bond donors (Lipinski definition) is 4. The van der Waals surface area contributed by atoms with E-state index >= 15 is 0 Å². The number of carboxylic acids is 1. The third kappa shape index (κ3) is 5.69. The highest BCUT2D eigenvalue weighted by molar-refractivity contribution is 6.06. The number of ether oxygens (including phenoxy) is 1. The molecule has 5 rings (SSSR count). The van der Waals surface area contributed by atoms with Crippen molar-refractivity contribution >= 4 is 42.5 Å². The van der Waals surface area contributed by atoms with Gasteiger partial charge in [0.15, 0.2) is 0 Å². The van der Waals surface area contributed by atoms with Crippen molar-refractivity contribution in [3.8, 4) is 11.1 Å². The number of rotatable bonds is 10. The number of imide groups is 1. The van der Waals surface area contributed by atoms with Crippen LogP contribution in [0.4, 0.5) is 4.79 Å². The van der Waals surface area contributed by atoms with E-state index in [1.54, 1.807) is 24.3 Å². The molecular weight excluding hydrogens is 562 g/mol. The van der Waals surface area contributed by atoms with Crippen molar-refractivity contribution in [2.24, 2.45) is 16.7 Å². The van der Waals surface area contributed by atoms with E-state index in [1.807, 2.05) is 48.5 Å². The maximum absolute atomic E-state index is 13.1. The van der Waals surface area contributed by atoms with E-state index in [4.69, 9.17) is 16.3 Å². The fourth-order valence-corrected chi connectivity index (χ4v) is 5.30. The Hall–Kier alpha value is -4.74. The predicted octanol–water partition coefficient (Wildman–Crippen LogP) is 2.39. The van der Waals surface area contributed by atoms with Crippen molar-refractivity contribution in [1.82, 2.24) is 10.2 Å². The largest absolute Gasteiger partial charge is 0.479 e. The molecule has 0 spiro atoms. The molecule has 1 aliphatic heterocycles. The van der Waals surface area contributed by atoms with Gasteiger partial charge in [-0.1, -0.05) is 72.8 Å². The van der Waals surface area contributed by atoms with Crippen LogP contribution in [0.2, 0.25) is 0 Å². The smallest absolute Gasteiger partial charge is 0.337 e. The second kappa shape index (κ2) is 12.4. The van der Waals surface area contributed by atoms with Gasteiger partial charge in [-0.05, 0) is 33.4 Å². The first-order valence-electron chi connectivity index (χ1n) is 13.0. The number of carbonyl (C=O) groups is 4. The van der Waals surface area contributed by atoms with Gasteiger partial charge >= 0.3 is 18.0 Å². The number of hydrogen-bond acceptors (Lipinski definition) is 8. The number of nitrogens with zero attached hydrogens (tertiary/aromatic N) is 2. The second-order valence-electron chi connectivity index (χ2n) is 10.1. The average Bonchev–Trinajstić information content (AvgIpc) is 3.43. The molecule has 3 aromatic rings. The molecule has 12 heteroatoms. The van der Waals surface area contributed by atoms with E-state index in [9.17, 15) is 24.3 Å². The molecule has 2 atom stereocenters. The molecule has 1 aliphatic carbocycles. The summed E-state index contributed by atoms with van der Waals surface area (Å²) >= 11 is 0. The first-order chi connectivity index (χ1) is 19.7. The Balaban J connectivity index is 0.00000405. The molecule has 1 fully saturated rings. The minimum absolute atomic E-state index is 0. The number of benzene rings is 3. The number of esters is 1. The molecule has 2 unspecified atom stereocenters. The average molecular weight is 592 g/mol. The normalized spacial score (nSPS) is 17.3. The van der Waals surface area contributed by atoms with E-state index < -0.39 is 41.9 Å². The number of fused-ring (bicyclic) bond motifs is 3. The molecule has 0 bridgehead atoms. The maximum atomic E-state index is 13.1. The third-order valence-electron chi connectivity index (χ3n) is 7.57. The molecule has 1 saturated heterocycles. The number of carboxylic acid groups (broad SMARTS) is 1. The lowest BCUT2D eigenvalue weighted by Gasteiger charge is -2.25. The lowest BCUT2D eigenvalue weighted by atomic mass is 9.95. The minimum Gasteiger partial charge on any atom is -0.479 e. The first-order valence-corrected chi connectivity index (χ1v) is 13.0. The zero-order chi connectivity index (χ0) is 29.1. The summed E-state index contributed by atoms with van der Waals surface area (Å²) in [5, 5.41) is 15.9. The zero-order valence-electron chi connectivity index (χ0n) is 22.4. The number of nitrogens with two attached hydrogens (primary N) is 2. The Morgan fingerprint density at radius 2 is 1.60 bits per heavy atom. The number of halogens is 1. The summed E-state index contributed by atoms with van der Waals surface area (Å²) in [7, 11) is 0. The van der Waals surface area contributed by atoms with Crippen LogP contribution in [0.5, 0.6) is 0 Å². The van der Waals surface area contributed by atoms with Crippen molar-refractivity contribution in [3.63, 3.8) is 0 Å². The predicted molar refractivity (Wildman–Crippen MR) is 157 cm³/mol. The Kier molecular flexibility index (Phi) is 8.93. The van der Waals surface area contributed by atoms with Gasteiger partial charge < -0.3 is 26.7 Å². The van der Waals surface area contributed by atoms with Gasteiger partial charge in [-0.2, -0.15) is 5.10 Å². The van der Waals surface area contributed by atoms with Crippen LogP contribution in [0, 0.1) is 0 Å². The molecule has 6 N–H and O–H groups in total. The van der Waals surface area contributed by atoms with E-state index in [-0.39, 0.29) is 37.9 Å². The van der Waals surface area contributed by atoms with Gasteiger partial charge in [-0.25, -0.2) is 14.4 Å². The van der Waals surface area contributed by atoms with Gasteiger partial charge in [-0.15, -0.1) is 12.4 Å². The molecule has 11 nitrogen and oxygen atoms in total. The monoisotopic (exact) mass is 591 g/mol. The van der Waals surface area contributed by atoms with Crippen LogP contribution in [-0.4, -0.2) is 64.8 Å². The van der Waals surface area contributed by atoms with Crippen LogP contribution in [0.25, 0.3) is 11.1 Å². The fraction of sp³-hybridized carbons (Fsp3) is 0.233. The lowest BCUT2D eigenvalue weighted by Crippen LogP contribution is -2.57. The van der Waals surface area contributed by atoms with Crippen molar-refractivity contribution in [2.45, 2.75) is 30.3 Å². The summed E-state index contributed by atoms with van der Waals surface area (Å²) in [5.74, 6) is 1.58. The van der Waals surface area contributed by atoms with E-state index in [2.05, 4.69) is 10.4 Å². The SMILES string of the molecule is Cl.NN=Cc1ccc(CC2NC(=O)N(CCC(N)(C(=O)O)C(=O)OCC3c4ccccc4-c4ccccc43)C2=O)cc1. The number of nitrogens with one attached hydrogen (secondary N) is 1. The second-order valence-corrected chi connectivity index (χ2v) is 10.1. The summed E-state index contributed by atoms with van der Waals surface area (Å²) in [6, 6.07) is 21.1. The highest BCUT2D eigenvalue weighted by Gasteiger charge is 2.47. The zero-order valence-corrected chi connectivity index (χ0v) is 23.3. The van der Waals surface area contributed by atoms with Crippen LogP contribution < -0.4 is 16.9 Å². The van der Waals surface area contributed by atoms with Gasteiger partial charge in [0.1, 0.15) is 12.6 Å². The highest BCUT2D eigenvalue weighted by atomic mass is 35.5. The molecule has 3 amide bonds. The number of amides is 3. The summed E-state index contributed by atoms with van der Waals surface area (Å²) in [6.45, 7) is -0.486. The standard InChI is InChI=1S/C30H29N5O6.ClH/c31-30(27(37)38,28(39)41-17-24-22-7-3-1-5-20(22)21-6-2-4-8-23(21)24)13-14-35-26(36)25(34-29(35)40)15-18-9-11-19(12-10-18)16-33-32;/h1-12,16,24-25H,13-15,17,31-32H2,(H,34,40)(H,37,38);1H. The van der Waals surface area contributed by atoms with Crippen molar-refractivity contribution in [3.05, 3.63) is 95.1 Å². The fourth-order valence-electron chi connectivity index (χ4n) is 5.30. The molecular formula is C30H30ClN5O6. The van der Waals surface area contributed by atoms with Gasteiger partial charge in [0, 0.05) is 25.3 Å². The summed E-state index contributed by atoms with van der Waals surface area (Å²) in [4.78, 5) is 51.7. The Morgan fingerprint density at radius 3 is 2.17 bits per heavy atom. The van der Waals surface area contributed by atoms with Crippen LogP contribution in [0.3, 0.4) is 0 Å². The molecule has 218 valence electrons. The van der Waals surface area contributed by atoms with Gasteiger partial charge in [-0.3, -0.25) is 9.69 Å². The third-order valence-corrected chi connectivity index (χ3v) is 7.57. The number of aliphatic carboxylic acids is 1. The Labute approximate surface area is 247 Å². The van der Waals surface area contributed by atoms with Crippen molar-refractivity contribution < 1.29 is 29.0 Å². The summed E-state index contributed by atoms with van der Waals surface area (Å²) in [6.07, 6.45) is 1.18. The van der Waals surface area contributed by atoms with Crippen molar-refractivity contribution in [1.29, 1.82) is 0 Å². The van der Waals surface area contributed by atoms with Gasteiger partial charge in [0.25, 0.3) is 5.91 Å². The highest BCUT2D eigenvalue weighted by Crippen LogP contribution is 2.44. The molecule has 0 saturated carbocycles. The van der Waals surface area contributed by atoms with E-state index in [0.717, 1.165) is 38.3 Å².